The van der Waals surface area contributed by atoms with Gasteiger partial charge in [0.15, 0.2) is 0 Å². The summed E-state index contributed by atoms with van der Waals surface area (Å²) in [6.07, 6.45) is 2.76. The number of aromatic nitrogens is 2. The van der Waals surface area contributed by atoms with Gasteiger partial charge < -0.3 is 10.7 Å². The predicted octanol–water partition coefficient (Wildman–Crippen LogP) is 3.42. The van der Waals surface area contributed by atoms with Crippen molar-refractivity contribution in [1.29, 1.82) is 0 Å². The molecule has 0 radical (unpaired) electrons. The Balaban J connectivity index is 2.27. The summed E-state index contributed by atoms with van der Waals surface area (Å²) >= 11 is 7.47. The molecule has 2 aromatic rings. The normalized spacial score (nSPS) is 12.0. The number of nitrogens with zero attached hydrogens (tertiary/aromatic N) is 1. The summed E-state index contributed by atoms with van der Waals surface area (Å²) in [6.45, 7) is 4.95. The zero-order valence-corrected chi connectivity index (χ0v) is 11.5. The van der Waals surface area contributed by atoms with Crippen LogP contribution >= 0.6 is 22.9 Å². The summed E-state index contributed by atoms with van der Waals surface area (Å²) in [4.78, 5) is 8.91. The summed E-state index contributed by atoms with van der Waals surface area (Å²) in [5.41, 5.74) is 6.61. The minimum atomic E-state index is -0.0198. The lowest BCUT2D eigenvalue weighted by Crippen LogP contribution is -2.23. The summed E-state index contributed by atoms with van der Waals surface area (Å²) in [6, 6.07) is 3.90. The SMILES string of the molecule is CC(C)(CCN)c1ncc(-c2ccc(Cl)s2)[nH]1. The van der Waals surface area contributed by atoms with Crippen LogP contribution in [0.15, 0.2) is 18.3 Å². The lowest BCUT2D eigenvalue weighted by atomic mass is 9.88. The zero-order valence-electron chi connectivity index (χ0n) is 9.96. The molecule has 0 saturated heterocycles. The third-order valence-corrected chi connectivity index (χ3v) is 4.09. The molecule has 2 aromatic heterocycles. The molecule has 0 fully saturated rings. The number of hydrogen-bond acceptors (Lipinski definition) is 3. The minimum Gasteiger partial charge on any atom is -0.341 e. The van der Waals surface area contributed by atoms with Crippen molar-refractivity contribution in [3.8, 4) is 10.6 Å². The second-order valence-electron chi connectivity index (χ2n) is 4.67. The number of hydrogen-bond donors (Lipinski definition) is 2. The highest BCUT2D eigenvalue weighted by molar-refractivity contribution is 7.19. The predicted molar refractivity (Wildman–Crippen MR) is 73.6 cm³/mol. The Labute approximate surface area is 110 Å². The van der Waals surface area contributed by atoms with E-state index in [4.69, 9.17) is 17.3 Å². The molecule has 2 heterocycles. The average molecular weight is 270 g/mol. The van der Waals surface area contributed by atoms with E-state index in [9.17, 15) is 0 Å². The molecule has 0 unspecified atom stereocenters. The van der Waals surface area contributed by atoms with Gasteiger partial charge in [0, 0.05) is 5.41 Å². The number of nitrogens with two attached hydrogens (primary N) is 1. The Morgan fingerprint density at radius 2 is 2.24 bits per heavy atom. The number of rotatable bonds is 4. The molecule has 0 spiro atoms. The maximum Gasteiger partial charge on any atom is 0.112 e. The molecule has 17 heavy (non-hydrogen) atoms. The molecule has 0 atom stereocenters. The number of thiophene rings is 1. The van der Waals surface area contributed by atoms with Gasteiger partial charge in [0.2, 0.25) is 0 Å². The molecule has 92 valence electrons. The second-order valence-corrected chi connectivity index (χ2v) is 6.39. The summed E-state index contributed by atoms with van der Waals surface area (Å²) in [5, 5.41) is 0. The quantitative estimate of drug-likeness (QED) is 0.894. The molecule has 3 nitrogen and oxygen atoms in total. The molecular weight excluding hydrogens is 254 g/mol. The third-order valence-electron chi connectivity index (χ3n) is 2.82. The molecule has 2 rings (SSSR count). The third kappa shape index (κ3) is 2.70. The average Bonchev–Trinajstić information content (AvgIpc) is 2.85. The van der Waals surface area contributed by atoms with E-state index >= 15 is 0 Å². The van der Waals surface area contributed by atoms with Crippen LogP contribution in [0.5, 0.6) is 0 Å². The summed E-state index contributed by atoms with van der Waals surface area (Å²) in [5.74, 6) is 0.975. The molecule has 0 aliphatic carbocycles. The maximum atomic E-state index is 5.92. The Bertz CT molecular complexity index is 501. The van der Waals surface area contributed by atoms with Crippen molar-refractivity contribution >= 4 is 22.9 Å². The van der Waals surface area contributed by atoms with Gasteiger partial charge in [-0.1, -0.05) is 25.4 Å². The Hall–Kier alpha value is -0.840. The van der Waals surface area contributed by atoms with Gasteiger partial charge in [0.05, 0.1) is 21.1 Å². The molecule has 0 saturated carbocycles. The number of aromatic amines is 1. The van der Waals surface area contributed by atoms with Crippen LogP contribution in [0.3, 0.4) is 0 Å². The van der Waals surface area contributed by atoms with Crippen LogP contribution in [-0.4, -0.2) is 16.5 Å². The van der Waals surface area contributed by atoms with E-state index in [0.29, 0.717) is 6.54 Å². The number of halogens is 1. The van der Waals surface area contributed by atoms with Gasteiger partial charge in [-0.2, -0.15) is 0 Å². The van der Waals surface area contributed by atoms with Gasteiger partial charge in [-0.25, -0.2) is 4.98 Å². The molecule has 0 aromatic carbocycles. The van der Waals surface area contributed by atoms with Crippen LogP contribution in [0, 0.1) is 0 Å². The number of nitrogens with one attached hydrogen (secondary N) is 1. The van der Waals surface area contributed by atoms with Crippen molar-refractivity contribution in [2.24, 2.45) is 5.73 Å². The smallest absolute Gasteiger partial charge is 0.112 e. The van der Waals surface area contributed by atoms with Crippen molar-refractivity contribution in [3.63, 3.8) is 0 Å². The van der Waals surface area contributed by atoms with E-state index in [1.54, 1.807) is 11.3 Å². The molecular formula is C12H16ClN3S. The van der Waals surface area contributed by atoms with Crippen LogP contribution in [0.25, 0.3) is 10.6 Å². The lowest BCUT2D eigenvalue weighted by Gasteiger charge is -2.20. The molecule has 0 bridgehead atoms. The maximum absolute atomic E-state index is 5.92. The highest BCUT2D eigenvalue weighted by atomic mass is 35.5. The molecule has 3 N–H and O–H groups in total. The Kier molecular flexibility index (Phi) is 3.56. The standard InChI is InChI=1S/C12H16ClN3S/c1-12(2,5-6-14)11-15-7-8(16-11)9-3-4-10(13)17-9/h3-4,7H,5-6,14H2,1-2H3,(H,15,16). The topological polar surface area (TPSA) is 54.7 Å². The second kappa shape index (κ2) is 4.80. The van der Waals surface area contributed by atoms with E-state index < -0.39 is 0 Å². The van der Waals surface area contributed by atoms with E-state index in [1.807, 2.05) is 18.3 Å². The van der Waals surface area contributed by atoms with Crippen molar-refractivity contribution in [3.05, 3.63) is 28.5 Å². The fraction of sp³-hybridized carbons (Fsp3) is 0.417. The van der Waals surface area contributed by atoms with E-state index in [1.165, 1.54) is 0 Å². The van der Waals surface area contributed by atoms with Crippen LogP contribution in [0.2, 0.25) is 4.34 Å². The van der Waals surface area contributed by atoms with E-state index in [2.05, 4.69) is 23.8 Å². The number of imidazole rings is 1. The van der Waals surface area contributed by atoms with Crippen LogP contribution in [0.1, 0.15) is 26.1 Å². The summed E-state index contributed by atoms with van der Waals surface area (Å²) in [7, 11) is 0. The fourth-order valence-electron chi connectivity index (χ4n) is 1.73. The molecule has 0 aliphatic heterocycles. The van der Waals surface area contributed by atoms with Gasteiger partial charge in [0.25, 0.3) is 0 Å². The first kappa shape index (κ1) is 12.6. The highest BCUT2D eigenvalue weighted by Crippen LogP contribution is 2.32. The van der Waals surface area contributed by atoms with Crippen LogP contribution < -0.4 is 5.73 Å². The first-order valence-electron chi connectivity index (χ1n) is 5.54. The largest absolute Gasteiger partial charge is 0.341 e. The lowest BCUT2D eigenvalue weighted by molar-refractivity contribution is 0.462. The molecule has 0 aliphatic rings. The molecule has 0 amide bonds. The van der Waals surface area contributed by atoms with Gasteiger partial charge in [-0.3, -0.25) is 0 Å². The highest BCUT2D eigenvalue weighted by Gasteiger charge is 2.23. The summed E-state index contributed by atoms with van der Waals surface area (Å²) < 4.78 is 0.789. The van der Waals surface area contributed by atoms with Crippen molar-refractivity contribution in [2.45, 2.75) is 25.7 Å². The van der Waals surface area contributed by atoms with E-state index in [0.717, 1.165) is 27.2 Å². The van der Waals surface area contributed by atoms with Gasteiger partial charge in [0.1, 0.15) is 5.82 Å². The van der Waals surface area contributed by atoms with Gasteiger partial charge in [-0.15, -0.1) is 11.3 Å². The van der Waals surface area contributed by atoms with Gasteiger partial charge >= 0.3 is 0 Å². The number of H-pyrrole nitrogens is 1. The first-order valence-corrected chi connectivity index (χ1v) is 6.73. The van der Waals surface area contributed by atoms with Crippen molar-refractivity contribution in [2.75, 3.05) is 6.54 Å². The fourth-order valence-corrected chi connectivity index (χ4v) is 2.74. The molecule has 5 heteroatoms. The Morgan fingerprint density at radius 1 is 1.47 bits per heavy atom. The minimum absolute atomic E-state index is 0.0198. The van der Waals surface area contributed by atoms with Crippen LogP contribution in [-0.2, 0) is 5.41 Å². The van der Waals surface area contributed by atoms with Crippen LogP contribution in [0.4, 0.5) is 0 Å². The van der Waals surface area contributed by atoms with E-state index in [-0.39, 0.29) is 5.41 Å². The Morgan fingerprint density at radius 3 is 2.82 bits per heavy atom. The first-order chi connectivity index (χ1) is 8.03. The monoisotopic (exact) mass is 269 g/mol. The van der Waals surface area contributed by atoms with Crippen molar-refractivity contribution < 1.29 is 0 Å². The van der Waals surface area contributed by atoms with Crippen molar-refractivity contribution in [1.82, 2.24) is 9.97 Å². The van der Waals surface area contributed by atoms with Gasteiger partial charge in [-0.05, 0) is 25.1 Å². The zero-order chi connectivity index (χ0) is 12.5.